The molecule has 0 atom stereocenters. The standard InChI is InChI=1S/C19H30NO/c1-3-16(4-2)15-19(13-9-6-10-14-19)18(21)20-17-11-7-5-8-12-17/h5,7,11-12,16H,3-4,6,8-10,13-15H2,1-2H3,(H,20,21). The minimum absolute atomic E-state index is 0.120. The second-order valence-corrected chi connectivity index (χ2v) is 6.67. The molecule has 0 saturated heterocycles. The average Bonchev–Trinajstić information content (AvgIpc) is 2.54. The molecule has 21 heavy (non-hydrogen) atoms. The number of amides is 1. The second-order valence-electron chi connectivity index (χ2n) is 6.67. The van der Waals surface area contributed by atoms with Crippen LogP contribution in [0.15, 0.2) is 23.9 Å². The third-order valence-corrected chi connectivity index (χ3v) is 5.27. The van der Waals surface area contributed by atoms with E-state index in [1.807, 2.05) is 12.2 Å². The molecule has 117 valence electrons. The number of rotatable bonds is 6. The number of nitrogens with one attached hydrogen (secondary N) is 1. The van der Waals surface area contributed by atoms with Crippen LogP contribution in [0.5, 0.6) is 0 Å². The van der Waals surface area contributed by atoms with Crippen LogP contribution < -0.4 is 5.32 Å². The first-order chi connectivity index (χ1) is 10.2. The summed E-state index contributed by atoms with van der Waals surface area (Å²) in [7, 11) is 0. The molecule has 0 bridgehead atoms. The summed E-state index contributed by atoms with van der Waals surface area (Å²) >= 11 is 0. The molecule has 1 saturated carbocycles. The van der Waals surface area contributed by atoms with E-state index in [9.17, 15) is 4.79 Å². The Hall–Kier alpha value is -1.05. The molecular weight excluding hydrogens is 258 g/mol. The summed E-state index contributed by atoms with van der Waals surface area (Å²) in [4.78, 5) is 13.0. The van der Waals surface area contributed by atoms with Gasteiger partial charge >= 0.3 is 0 Å². The molecule has 0 aromatic rings. The molecule has 1 amide bonds. The molecule has 1 fully saturated rings. The molecule has 0 spiro atoms. The third-order valence-electron chi connectivity index (χ3n) is 5.27. The van der Waals surface area contributed by atoms with Crippen molar-refractivity contribution in [2.45, 2.75) is 71.6 Å². The first-order valence-corrected chi connectivity index (χ1v) is 8.71. The number of carbonyl (C=O) groups is 1. The highest BCUT2D eigenvalue weighted by atomic mass is 16.2. The van der Waals surface area contributed by atoms with Crippen LogP contribution in [-0.2, 0) is 4.79 Å². The summed E-state index contributed by atoms with van der Waals surface area (Å²) < 4.78 is 0. The van der Waals surface area contributed by atoms with Gasteiger partial charge in [-0.3, -0.25) is 4.79 Å². The third kappa shape index (κ3) is 4.21. The van der Waals surface area contributed by atoms with E-state index in [4.69, 9.17) is 0 Å². The molecule has 0 heterocycles. The topological polar surface area (TPSA) is 29.1 Å². The molecule has 1 N–H and O–H groups in total. The molecule has 2 heteroatoms. The van der Waals surface area contributed by atoms with Crippen LogP contribution in [0, 0.1) is 17.8 Å². The van der Waals surface area contributed by atoms with Crippen molar-refractivity contribution in [1.82, 2.24) is 5.32 Å². The molecular formula is C19H30NO. The van der Waals surface area contributed by atoms with E-state index in [1.165, 1.54) is 32.1 Å². The molecule has 0 unspecified atom stereocenters. The van der Waals surface area contributed by atoms with E-state index in [1.54, 1.807) is 0 Å². The molecule has 0 aromatic carbocycles. The number of hydrogen-bond acceptors (Lipinski definition) is 1. The van der Waals surface area contributed by atoms with Gasteiger partial charge in [0.25, 0.3) is 0 Å². The first-order valence-electron chi connectivity index (χ1n) is 8.71. The van der Waals surface area contributed by atoms with Crippen LogP contribution in [0.25, 0.3) is 0 Å². The Morgan fingerprint density at radius 3 is 2.52 bits per heavy atom. The predicted octanol–water partition coefficient (Wildman–Crippen LogP) is 4.93. The normalized spacial score (nSPS) is 21.2. The SMILES string of the molecule is CCC(CC)CC1(C(=O)NC2=CC=CC[CH]2)CCCCC1. The van der Waals surface area contributed by atoms with Gasteiger partial charge in [0.2, 0.25) is 5.91 Å². The maximum atomic E-state index is 13.0. The van der Waals surface area contributed by atoms with Crippen LogP contribution in [-0.4, -0.2) is 5.91 Å². The minimum Gasteiger partial charge on any atom is -0.329 e. The Balaban J connectivity index is 2.08. The van der Waals surface area contributed by atoms with Gasteiger partial charge in [-0.25, -0.2) is 0 Å². The number of carbonyl (C=O) groups excluding carboxylic acids is 1. The maximum absolute atomic E-state index is 13.0. The fourth-order valence-electron chi connectivity index (χ4n) is 3.75. The van der Waals surface area contributed by atoms with Crippen molar-refractivity contribution in [3.63, 3.8) is 0 Å². The number of hydrogen-bond donors (Lipinski definition) is 1. The lowest BCUT2D eigenvalue weighted by molar-refractivity contribution is -0.133. The summed E-state index contributed by atoms with van der Waals surface area (Å²) in [6.45, 7) is 4.51. The van der Waals surface area contributed by atoms with Gasteiger partial charge in [0.05, 0.1) is 0 Å². The molecule has 1 radical (unpaired) electrons. The van der Waals surface area contributed by atoms with Crippen molar-refractivity contribution >= 4 is 5.91 Å². The van der Waals surface area contributed by atoms with Crippen molar-refractivity contribution in [2.24, 2.45) is 11.3 Å². The van der Waals surface area contributed by atoms with Crippen molar-refractivity contribution in [2.75, 3.05) is 0 Å². The van der Waals surface area contributed by atoms with E-state index in [2.05, 4.69) is 31.7 Å². The van der Waals surface area contributed by atoms with E-state index in [0.717, 1.165) is 31.4 Å². The van der Waals surface area contributed by atoms with E-state index in [-0.39, 0.29) is 11.3 Å². The lowest BCUT2D eigenvalue weighted by Gasteiger charge is -2.38. The van der Waals surface area contributed by atoms with Crippen LogP contribution in [0.2, 0.25) is 0 Å². The zero-order valence-corrected chi connectivity index (χ0v) is 13.7. The maximum Gasteiger partial charge on any atom is 0.230 e. The fraction of sp³-hybridized carbons (Fsp3) is 0.684. The fourth-order valence-corrected chi connectivity index (χ4v) is 3.75. The molecule has 0 aliphatic heterocycles. The Kier molecular flexibility index (Phi) is 6.08. The quantitative estimate of drug-likeness (QED) is 0.738. The Morgan fingerprint density at radius 1 is 1.24 bits per heavy atom. The molecule has 0 aromatic heterocycles. The summed E-state index contributed by atoms with van der Waals surface area (Å²) in [5.41, 5.74) is 0.863. The van der Waals surface area contributed by atoms with Gasteiger partial charge in [-0.15, -0.1) is 0 Å². The van der Waals surface area contributed by atoms with Gasteiger partial charge in [0.15, 0.2) is 0 Å². The minimum atomic E-state index is -0.120. The Bertz CT molecular complexity index is 398. The largest absolute Gasteiger partial charge is 0.329 e. The molecule has 2 rings (SSSR count). The Morgan fingerprint density at radius 2 is 1.95 bits per heavy atom. The average molecular weight is 288 g/mol. The zero-order valence-electron chi connectivity index (χ0n) is 13.7. The zero-order chi connectivity index (χ0) is 15.1. The van der Waals surface area contributed by atoms with E-state index >= 15 is 0 Å². The van der Waals surface area contributed by atoms with Crippen LogP contribution in [0.4, 0.5) is 0 Å². The van der Waals surface area contributed by atoms with Gasteiger partial charge in [-0.1, -0.05) is 58.1 Å². The van der Waals surface area contributed by atoms with Crippen molar-refractivity contribution in [3.05, 3.63) is 30.3 Å². The Labute approximate surface area is 130 Å². The smallest absolute Gasteiger partial charge is 0.230 e. The van der Waals surface area contributed by atoms with Gasteiger partial charge in [0.1, 0.15) is 0 Å². The number of allylic oxidation sites excluding steroid dienone is 4. The van der Waals surface area contributed by atoms with Crippen molar-refractivity contribution < 1.29 is 4.79 Å². The second kappa shape index (κ2) is 7.82. The summed E-state index contributed by atoms with van der Waals surface area (Å²) in [6, 6.07) is 0. The van der Waals surface area contributed by atoms with Crippen LogP contribution in [0.3, 0.4) is 0 Å². The summed E-state index contributed by atoms with van der Waals surface area (Å²) in [5, 5.41) is 3.20. The lowest BCUT2D eigenvalue weighted by Crippen LogP contribution is -2.43. The van der Waals surface area contributed by atoms with E-state index in [0.29, 0.717) is 5.92 Å². The molecule has 2 aliphatic rings. The van der Waals surface area contributed by atoms with Gasteiger partial charge in [-0.2, -0.15) is 0 Å². The van der Waals surface area contributed by atoms with Crippen LogP contribution >= 0.6 is 0 Å². The highest BCUT2D eigenvalue weighted by Gasteiger charge is 2.40. The van der Waals surface area contributed by atoms with Crippen LogP contribution in [0.1, 0.15) is 71.6 Å². The van der Waals surface area contributed by atoms with Crippen molar-refractivity contribution in [3.8, 4) is 0 Å². The monoisotopic (exact) mass is 288 g/mol. The molecule has 2 aliphatic carbocycles. The predicted molar refractivity (Wildman–Crippen MR) is 88.5 cm³/mol. The van der Waals surface area contributed by atoms with Gasteiger partial charge in [0, 0.05) is 17.5 Å². The summed E-state index contributed by atoms with van der Waals surface area (Å²) in [6.07, 6.45) is 18.4. The summed E-state index contributed by atoms with van der Waals surface area (Å²) in [5.74, 6) is 0.949. The van der Waals surface area contributed by atoms with E-state index < -0.39 is 0 Å². The highest BCUT2D eigenvalue weighted by Crippen LogP contribution is 2.43. The van der Waals surface area contributed by atoms with Gasteiger partial charge < -0.3 is 5.32 Å². The first kappa shape index (κ1) is 16.3. The van der Waals surface area contributed by atoms with Crippen molar-refractivity contribution in [1.29, 1.82) is 0 Å². The highest BCUT2D eigenvalue weighted by molar-refractivity contribution is 5.84. The van der Waals surface area contributed by atoms with Gasteiger partial charge in [-0.05, 0) is 37.7 Å². The lowest BCUT2D eigenvalue weighted by atomic mass is 9.67. The molecule has 2 nitrogen and oxygen atoms in total.